The molecule has 5 aromatic rings. The number of fused-ring (bicyclic) bond motifs is 3. The van der Waals surface area contributed by atoms with Crippen molar-refractivity contribution in [2.24, 2.45) is 4.99 Å². The van der Waals surface area contributed by atoms with Crippen LogP contribution in [0.2, 0.25) is 0 Å². The van der Waals surface area contributed by atoms with E-state index in [1.807, 2.05) is 41.1 Å². The Morgan fingerprint density at radius 1 is 1.03 bits per heavy atom. The Labute approximate surface area is 237 Å². The summed E-state index contributed by atoms with van der Waals surface area (Å²) in [5, 5.41) is 1.98. The van der Waals surface area contributed by atoms with E-state index in [-0.39, 0.29) is 5.75 Å². The Bertz CT molecular complexity index is 1700. The number of ether oxygens (including phenoxy) is 1. The molecule has 9 heteroatoms. The van der Waals surface area contributed by atoms with Crippen LogP contribution in [0, 0.1) is 13.8 Å². The van der Waals surface area contributed by atoms with Gasteiger partial charge in [0.05, 0.1) is 17.6 Å². The van der Waals surface area contributed by atoms with E-state index in [4.69, 9.17) is 12.2 Å². The number of alkyl halides is 3. The highest BCUT2D eigenvalue weighted by Gasteiger charge is 2.31. The number of rotatable bonds is 7. The zero-order chi connectivity index (χ0) is 27.7. The third-order valence-corrected chi connectivity index (χ3v) is 7.18. The minimum atomic E-state index is -4.73. The van der Waals surface area contributed by atoms with Gasteiger partial charge in [0, 0.05) is 33.0 Å². The molecule has 0 unspecified atom stereocenters. The summed E-state index contributed by atoms with van der Waals surface area (Å²) in [6.45, 7) is 4.66. The Morgan fingerprint density at radius 3 is 2.44 bits per heavy atom. The second-order valence-corrected chi connectivity index (χ2v) is 10.8. The van der Waals surface area contributed by atoms with Gasteiger partial charge in [-0.3, -0.25) is 9.56 Å². The molecule has 0 radical (unpaired) electrons. The zero-order valence-electron chi connectivity index (χ0n) is 21.1. The van der Waals surface area contributed by atoms with Gasteiger partial charge in [0.1, 0.15) is 12.1 Å². The molecule has 5 rings (SSSR count). The number of imidazole rings is 1. The number of hydrogen-bond acceptors (Lipinski definition) is 4. The summed E-state index contributed by atoms with van der Waals surface area (Å²) in [5.74, 6) is -0.269. The van der Waals surface area contributed by atoms with E-state index in [1.165, 1.54) is 28.8 Å². The first-order valence-corrected chi connectivity index (χ1v) is 13.3. The van der Waals surface area contributed by atoms with E-state index >= 15 is 0 Å². The highest BCUT2D eigenvalue weighted by Crippen LogP contribution is 2.29. The van der Waals surface area contributed by atoms with E-state index < -0.39 is 6.36 Å². The molecule has 0 bridgehead atoms. The first-order valence-electron chi connectivity index (χ1n) is 12.1. The molecule has 0 fully saturated rings. The maximum absolute atomic E-state index is 12.5. The van der Waals surface area contributed by atoms with Gasteiger partial charge in [-0.05, 0) is 90.0 Å². The van der Waals surface area contributed by atoms with Crippen molar-refractivity contribution in [3.63, 3.8) is 0 Å². The topological polar surface area (TPSA) is 39.4 Å². The summed E-state index contributed by atoms with van der Waals surface area (Å²) >= 11 is 9.15. The fraction of sp³-hybridized carbons (Fsp3) is 0.167. The zero-order valence-corrected chi connectivity index (χ0v) is 23.5. The molecule has 4 nitrogen and oxygen atoms in total. The lowest BCUT2D eigenvalue weighted by Crippen LogP contribution is -2.17. The van der Waals surface area contributed by atoms with Crippen molar-refractivity contribution < 1.29 is 17.9 Å². The van der Waals surface area contributed by atoms with Crippen molar-refractivity contribution in [2.45, 2.75) is 26.6 Å². The summed E-state index contributed by atoms with van der Waals surface area (Å²) < 4.78 is 44.3. The van der Waals surface area contributed by atoms with Gasteiger partial charge < -0.3 is 4.74 Å². The molecule has 0 spiro atoms. The molecule has 0 saturated carbocycles. The smallest absolute Gasteiger partial charge is 0.406 e. The molecule has 1 aromatic heterocycles. The minimum absolute atomic E-state index is 0.269. The van der Waals surface area contributed by atoms with Crippen LogP contribution in [0.4, 0.5) is 13.2 Å². The predicted octanol–water partition coefficient (Wildman–Crippen LogP) is 8.49. The summed E-state index contributed by atoms with van der Waals surface area (Å²) in [5.41, 5.74) is 6.95. The normalized spacial score (nSPS) is 12.1. The highest BCUT2D eigenvalue weighted by molar-refractivity contribution is 9.10. The number of aromatic nitrogens is 2. The number of hydrogen-bond donors (Lipinski definition) is 0. The van der Waals surface area contributed by atoms with Crippen LogP contribution in [0.15, 0.2) is 82.5 Å². The number of nitrogens with zero attached hydrogens (tertiary/aromatic N) is 3. The average Bonchev–Trinajstić information content (AvgIpc) is 3.30. The van der Waals surface area contributed by atoms with E-state index in [9.17, 15) is 13.2 Å². The van der Waals surface area contributed by atoms with Crippen molar-refractivity contribution in [2.75, 3.05) is 6.54 Å². The lowest BCUT2D eigenvalue weighted by Gasteiger charge is -2.10. The van der Waals surface area contributed by atoms with Crippen molar-refractivity contribution >= 4 is 61.0 Å². The summed E-state index contributed by atoms with van der Waals surface area (Å²) in [6, 6.07) is 19.9. The van der Waals surface area contributed by atoms with E-state index in [2.05, 4.69) is 56.6 Å². The highest BCUT2D eigenvalue weighted by atomic mass is 79.9. The van der Waals surface area contributed by atoms with Crippen LogP contribution < -0.4 is 4.74 Å². The van der Waals surface area contributed by atoms with E-state index in [0.29, 0.717) is 18.7 Å². The molecule has 0 aliphatic heterocycles. The Balaban J connectivity index is 1.31. The molecule has 0 saturated heterocycles. The Hall–Kier alpha value is -3.56. The molecular weight excluding hydrogens is 587 g/mol. The lowest BCUT2D eigenvalue weighted by molar-refractivity contribution is -0.274. The molecule has 0 amide bonds. The van der Waals surface area contributed by atoms with Crippen LogP contribution >= 0.6 is 28.1 Å². The molecule has 0 atom stereocenters. The van der Waals surface area contributed by atoms with E-state index in [0.717, 1.165) is 36.7 Å². The summed E-state index contributed by atoms with van der Waals surface area (Å²) in [7, 11) is 0. The summed E-state index contributed by atoms with van der Waals surface area (Å²) in [6.07, 6.45) is -0.515. The first kappa shape index (κ1) is 27.0. The summed E-state index contributed by atoms with van der Waals surface area (Å²) in [4.78, 5) is 10.0. The molecule has 0 aliphatic carbocycles. The number of thiocarbonyl (C=S) groups is 1. The monoisotopic (exact) mass is 609 g/mol. The molecule has 198 valence electrons. The third-order valence-electron chi connectivity index (χ3n) is 6.45. The second-order valence-electron chi connectivity index (χ2n) is 9.27. The fourth-order valence-electron chi connectivity index (χ4n) is 4.65. The fourth-order valence-corrected chi connectivity index (χ4v) is 5.55. The van der Waals surface area contributed by atoms with Crippen molar-refractivity contribution in [3.8, 4) is 11.4 Å². The van der Waals surface area contributed by atoms with Gasteiger partial charge in [-0.25, -0.2) is 4.98 Å². The van der Waals surface area contributed by atoms with Gasteiger partial charge in [-0.2, -0.15) is 0 Å². The standard InChI is InChI=1S/C30H23BrF3N3OS/c1-18-11-22(31)12-19(2)27(18)14-25(39)16-35-15-20-3-9-26-21(13-20)4-10-28-29(26)36-17-37(28)23-5-7-24(8-6-23)38-30(32,33)34/h3-13,15,17H,14,16H2,1-2H3. The van der Waals surface area contributed by atoms with Gasteiger partial charge in [0.25, 0.3) is 0 Å². The van der Waals surface area contributed by atoms with Gasteiger partial charge in [-0.1, -0.05) is 46.3 Å². The van der Waals surface area contributed by atoms with Gasteiger partial charge >= 0.3 is 6.36 Å². The predicted molar refractivity (Wildman–Crippen MR) is 158 cm³/mol. The SMILES string of the molecule is Cc1cc(Br)cc(C)c1CC(=S)CN=Cc1ccc2c(ccc3c2ncn3-c2ccc(OC(F)(F)F)cc2)c1. The Morgan fingerprint density at radius 2 is 1.74 bits per heavy atom. The third kappa shape index (κ3) is 6.20. The van der Waals surface area contributed by atoms with Crippen LogP contribution in [0.1, 0.15) is 22.3 Å². The number of aryl methyl sites for hydroxylation is 2. The molecule has 1 heterocycles. The van der Waals surface area contributed by atoms with Crippen LogP contribution in [-0.2, 0) is 6.42 Å². The number of benzene rings is 4. The molecule has 0 N–H and O–H groups in total. The number of aliphatic imine (C=N–C) groups is 1. The van der Waals surface area contributed by atoms with Crippen molar-refractivity contribution in [3.05, 3.63) is 99.8 Å². The molecule has 4 aromatic carbocycles. The van der Waals surface area contributed by atoms with Crippen LogP contribution in [0.25, 0.3) is 27.5 Å². The molecular formula is C30H23BrF3N3OS. The molecule has 39 heavy (non-hydrogen) atoms. The van der Waals surface area contributed by atoms with Crippen LogP contribution in [-0.4, -0.2) is 33.5 Å². The van der Waals surface area contributed by atoms with Crippen molar-refractivity contribution in [1.82, 2.24) is 9.55 Å². The van der Waals surface area contributed by atoms with Crippen molar-refractivity contribution in [1.29, 1.82) is 0 Å². The first-order chi connectivity index (χ1) is 18.6. The maximum atomic E-state index is 12.5. The van der Waals surface area contributed by atoms with Crippen LogP contribution in [0.3, 0.4) is 0 Å². The minimum Gasteiger partial charge on any atom is -0.406 e. The second kappa shape index (κ2) is 10.9. The molecule has 0 aliphatic rings. The van der Waals surface area contributed by atoms with Gasteiger partial charge in [-0.15, -0.1) is 13.2 Å². The lowest BCUT2D eigenvalue weighted by atomic mass is 9.98. The number of halogens is 4. The Kier molecular flexibility index (Phi) is 7.55. The van der Waals surface area contributed by atoms with Gasteiger partial charge in [0.15, 0.2) is 0 Å². The average molecular weight is 610 g/mol. The van der Waals surface area contributed by atoms with Gasteiger partial charge in [0.2, 0.25) is 0 Å². The van der Waals surface area contributed by atoms with Crippen LogP contribution in [0.5, 0.6) is 5.75 Å². The largest absolute Gasteiger partial charge is 0.573 e. The quantitative estimate of drug-likeness (QED) is 0.137. The maximum Gasteiger partial charge on any atom is 0.573 e. The van der Waals surface area contributed by atoms with E-state index in [1.54, 1.807) is 18.5 Å².